The largest absolute Gasteiger partial charge is 0.434 e. The van der Waals surface area contributed by atoms with E-state index in [1.165, 1.54) is 6.92 Å². The maximum atomic E-state index is 13.0. The second-order valence-electron chi connectivity index (χ2n) is 8.10. The molecule has 0 bridgehead atoms. The molecule has 0 aliphatic carbocycles. The van der Waals surface area contributed by atoms with Crippen molar-refractivity contribution in [1.29, 1.82) is 0 Å². The Hall–Kier alpha value is -3.79. The number of nitrogens with zero attached hydrogens (tertiary/aromatic N) is 1. The number of fused-ring (bicyclic) bond motifs is 1. The summed E-state index contributed by atoms with van der Waals surface area (Å²) in [5.74, 6) is -3.08. The van der Waals surface area contributed by atoms with Crippen LogP contribution >= 0.6 is 0 Å². The lowest BCUT2D eigenvalue weighted by atomic mass is 10.0. The van der Waals surface area contributed by atoms with Gasteiger partial charge in [-0.25, -0.2) is 0 Å². The first kappa shape index (κ1) is 22.4. The lowest BCUT2D eigenvalue weighted by molar-refractivity contribution is -0.157. The highest BCUT2D eigenvalue weighted by Crippen LogP contribution is 2.20. The molecule has 0 radical (unpaired) electrons. The summed E-state index contributed by atoms with van der Waals surface area (Å²) >= 11 is 0. The Morgan fingerprint density at radius 3 is 2.52 bits per heavy atom. The molecule has 4 amide bonds. The average Bonchev–Trinajstić information content (AvgIpc) is 3.11. The summed E-state index contributed by atoms with van der Waals surface area (Å²) in [5, 5.41) is 16.6. The monoisotopic (exact) mass is 453 g/mol. The molecular weight excluding hydrogens is 430 g/mol. The standard InChI is InChI=1S/C23H23N3O7/c1-12(20(29)25-17-11-19(28)33-23(17)32)26-18(27)9-8-16(22(26)31)24-21(30)15-7-6-13-4-2-3-5-14(13)10-15/h2-7,10,12,16-17,23,32H,8-9,11H2,1H3,(H,24,30)(H,25,29)/t12-,16?,17-,23-/m0/s1. The summed E-state index contributed by atoms with van der Waals surface area (Å²) in [6.07, 6.45) is -1.62. The van der Waals surface area contributed by atoms with Crippen LogP contribution in [0.5, 0.6) is 0 Å². The molecule has 2 aromatic rings. The number of aliphatic hydroxyl groups excluding tert-OH is 1. The highest BCUT2D eigenvalue weighted by Gasteiger charge is 2.42. The first-order chi connectivity index (χ1) is 15.7. The van der Waals surface area contributed by atoms with E-state index in [-0.39, 0.29) is 19.3 Å². The SMILES string of the molecule is C[C@@H](C(=O)N[C@H]1CC(=O)O[C@@H]1O)N1C(=O)CCC(NC(=O)c2ccc3ccccc3c2)C1=O. The highest BCUT2D eigenvalue weighted by atomic mass is 16.6. The van der Waals surface area contributed by atoms with Gasteiger partial charge in [-0.05, 0) is 36.2 Å². The van der Waals surface area contributed by atoms with Crippen LogP contribution in [0.25, 0.3) is 10.8 Å². The van der Waals surface area contributed by atoms with Crippen molar-refractivity contribution in [3.63, 3.8) is 0 Å². The van der Waals surface area contributed by atoms with E-state index in [4.69, 9.17) is 0 Å². The van der Waals surface area contributed by atoms with E-state index in [2.05, 4.69) is 15.4 Å². The Bertz CT molecular complexity index is 1150. The van der Waals surface area contributed by atoms with Crippen LogP contribution in [0, 0.1) is 0 Å². The second kappa shape index (κ2) is 8.99. The van der Waals surface area contributed by atoms with Crippen molar-refractivity contribution in [2.75, 3.05) is 0 Å². The number of likely N-dealkylation sites (tertiary alicyclic amines) is 1. The number of carbonyl (C=O) groups excluding carboxylic acids is 5. The zero-order chi connectivity index (χ0) is 23.7. The van der Waals surface area contributed by atoms with Gasteiger partial charge < -0.3 is 20.5 Å². The third kappa shape index (κ3) is 4.56. The van der Waals surface area contributed by atoms with Gasteiger partial charge in [-0.1, -0.05) is 30.3 Å². The number of amides is 4. The van der Waals surface area contributed by atoms with Gasteiger partial charge >= 0.3 is 5.97 Å². The molecule has 3 N–H and O–H groups in total. The fourth-order valence-electron chi connectivity index (χ4n) is 4.00. The zero-order valence-corrected chi connectivity index (χ0v) is 17.8. The predicted octanol–water partition coefficient (Wildman–Crippen LogP) is 0.226. The summed E-state index contributed by atoms with van der Waals surface area (Å²) in [7, 11) is 0. The van der Waals surface area contributed by atoms with E-state index in [1.807, 2.05) is 24.3 Å². The molecule has 2 saturated heterocycles. The molecule has 2 aromatic carbocycles. The van der Waals surface area contributed by atoms with Crippen molar-refractivity contribution in [2.24, 2.45) is 0 Å². The third-order valence-corrected chi connectivity index (χ3v) is 5.85. The number of rotatable bonds is 5. The Morgan fingerprint density at radius 1 is 1.09 bits per heavy atom. The quantitative estimate of drug-likeness (QED) is 0.434. The third-order valence-electron chi connectivity index (χ3n) is 5.85. The van der Waals surface area contributed by atoms with E-state index in [0.29, 0.717) is 5.56 Å². The summed E-state index contributed by atoms with van der Waals surface area (Å²) in [6.45, 7) is 1.36. The average molecular weight is 453 g/mol. The predicted molar refractivity (Wildman–Crippen MR) is 114 cm³/mol. The van der Waals surface area contributed by atoms with Crippen LogP contribution in [0.2, 0.25) is 0 Å². The lowest BCUT2D eigenvalue weighted by Gasteiger charge is -2.34. The first-order valence-electron chi connectivity index (χ1n) is 10.6. The molecule has 172 valence electrons. The summed E-state index contributed by atoms with van der Waals surface area (Å²) in [5.41, 5.74) is 0.371. The molecule has 33 heavy (non-hydrogen) atoms. The molecule has 2 fully saturated rings. The summed E-state index contributed by atoms with van der Waals surface area (Å²) < 4.78 is 4.58. The molecule has 2 aliphatic heterocycles. The maximum Gasteiger partial charge on any atom is 0.310 e. The normalized spacial score (nSPS) is 23.9. The number of cyclic esters (lactones) is 1. The number of benzene rings is 2. The van der Waals surface area contributed by atoms with E-state index in [1.54, 1.807) is 18.2 Å². The minimum atomic E-state index is -1.49. The number of aliphatic hydroxyl groups is 1. The highest BCUT2D eigenvalue weighted by molar-refractivity contribution is 6.07. The number of imide groups is 1. The van der Waals surface area contributed by atoms with Gasteiger partial charge in [-0.3, -0.25) is 28.9 Å². The Balaban J connectivity index is 1.44. The fourth-order valence-corrected chi connectivity index (χ4v) is 4.00. The molecule has 0 spiro atoms. The number of piperidine rings is 1. The van der Waals surface area contributed by atoms with Crippen molar-refractivity contribution < 1.29 is 33.8 Å². The number of carbonyl (C=O) groups is 5. The van der Waals surface area contributed by atoms with Crippen LogP contribution in [0.1, 0.15) is 36.5 Å². The van der Waals surface area contributed by atoms with E-state index < -0.39 is 54.0 Å². The number of esters is 1. The maximum absolute atomic E-state index is 13.0. The molecule has 4 rings (SSSR count). The van der Waals surface area contributed by atoms with Gasteiger partial charge in [0.1, 0.15) is 18.1 Å². The van der Waals surface area contributed by atoms with E-state index in [9.17, 15) is 29.1 Å². The molecule has 10 heteroatoms. The smallest absolute Gasteiger partial charge is 0.310 e. The Kier molecular flexibility index (Phi) is 6.10. The minimum absolute atomic E-state index is 0.0281. The van der Waals surface area contributed by atoms with Crippen molar-refractivity contribution >= 4 is 40.4 Å². The van der Waals surface area contributed by atoms with Gasteiger partial charge in [0.05, 0.1) is 6.42 Å². The van der Waals surface area contributed by atoms with Crippen molar-refractivity contribution in [3.05, 3.63) is 48.0 Å². The van der Waals surface area contributed by atoms with Crippen LogP contribution in [-0.2, 0) is 23.9 Å². The summed E-state index contributed by atoms with van der Waals surface area (Å²) in [6, 6.07) is 9.58. The lowest BCUT2D eigenvalue weighted by Crippen LogP contribution is -2.60. The molecule has 4 atom stereocenters. The topological polar surface area (TPSA) is 142 Å². The molecule has 2 aliphatic rings. The molecule has 0 saturated carbocycles. The number of nitrogens with one attached hydrogen (secondary N) is 2. The van der Waals surface area contributed by atoms with Crippen molar-refractivity contribution in [2.45, 2.75) is 50.6 Å². The van der Waals surface area contributed by atoms with Crippen LogP contribution in [-0.4, -0.2) is 64.0 Å². The zero-order valence-electron chi connectivity index (χ0n) is 17.8. The minimum Gasteiger partial charge on any atom is -0.434 e. The number of hydrogen-bond donors (Lipinski definition) is 3. The van der Waals surface area contributed by atoms with Gasteiger partial charge in [0.2, 0.25) is 18.1 Å². The Labute approximate surface area is 188 Å². The van der Waals surface area contributed by atoms with Crippen molar-refractivity contribution in [1.82, 2.24) is 15.5 Å². The van der Waals surface area contributed by atoms with Crippen LogP contribution in [0.3, 0.4) is 0 Å². The van der Waals surface area contributed by atoms with Crippen LogP contribution < -0.4 is 10.6 Å². The van der Waals surface area contributed by atoms with Crippen molar-refractivity contribution in [3.8, 4) is 0 Å². The van der Waals surface area contributed by atoms with Gasteiger partial charge in [0.25, 0.3) is 11.8 Å². The molecule has 0 aromatic heterocycles. The van der Waals surface area contributed by atoms with Gasteiger partial charge in [0.15, 0.2) is 0 Å². The Morgan fingerprint density at radius 2 is 1.82 bits per heavy atom. The molecular formula is C23H23N3O7. The number of ether oxygens (including phenoxy) is 1. The van der Waals surface area contributed by atoms with E-state index in [0.717, 1.165) is 15.7 Å². The number of hydrogen-bond acceptors (Lipinski definition) is 7. The van der Waals surface area contributed by atoms with E-state index >= 15 is 0 Å². The molecule has 10 nitrogen and oxygen atoms in total. The first-order valence-corrected chi connectivity index (χ1v) is 10.6. The van der Waals surface area contributed by atoms with Gasteiger partial charge in [-0.2, -0.15) is 0 Å². The fraction of sp³-hybridized carbons (Fsp3) is 0.348. The van der Waals surface area contributed by atoms with Crippen LogP contribution in [0.15, 0.2) is 42.5 Å². The van der Waals surface area contributed by atoms with Gasteiger partial charge in [0, 0.05) is 12.0 Å². The summed E-state index contributed by atoms with van der Waals surface area (Å²) in [4.78, 5) is 62.9. The molecule has 1 unspecified atom stereocenters. The second-order valence-corrected chi connectivity index (χ2v) is 8.10. The van der Waals surface area contributed by atoms with Gasteiger partial charge in [-0.15, -0.1) is 0 Å². The molecule has 2 heterocycles. The van der Waals surface area contributed by atoms with Crippen LogP contribution in [0.4, 0.5) is 0 Å².